The topological polar surface area (TPSA) is 99.3 Å². The minimum atomic E-state index is -0.258. The number of rotatable bonds is 3. The van der Waals surface area contributed by atoms with Crippen molar-refractivity contribution in [2.75, 3.05) is 13.1 Å². The Balaban J connectivity index is 1.37. The molecule has 2 fully saturated rings. The number of carbonyl (C=O) groups is 2. The maximum Gasteiger partial charge on any atom is 0.256 e. The average Bonchev–Trinajstić information content (AvgIpc) is 2.88. The molecule has 0 aromatic carbocycles. The summed E-state index contributed by atoms with van der Waals surface area (Å²) in [5.74, 6) is 0.755. The minimum absolute atomic E-state index is 0.0857. The van der Waals surface area contributed by atoms with Crippen molar-refractivity contribution in [2.45, 2.75) is 70.4 Å². The Morgan fingerprint density at radius 3 is 2.64 bits per heavy atom. The van der Waals surface area contributed by atoms with Gasteiger partial charge in [-0.2, -0.15) is 0 Å². The molecule has 0 bridgehead atoms. The first-order chi connectivity index (χ1) is 16.1. The van der Waals surface area contributed by atoms with Crippen LogP contribution < -0.4 is 5.56 Å². The van der Waals surface area contributed by atoms with Crippen molar-refractivity contribution in [3.63, 3.8) is 0 Å². The Morgan fingerprint density at radius 1 is 1.03 bits per heavy atom. The highest BCUT2D eigenvalue weighted by Gasteiger charge is 2.33. The van der Waals surface area contributed by atoms with Crippen LogP contribution in [0.2, 0.25) is 0 Å². The molecule has 1 unspecified atom stereocenters. The molecule has 2 aromatic rings. The van der Waals surface area contributed by atoms with E-state index in [-0.39, 0.29) is 29.3 Å². The summed E-state index contributed by atoms with van der Waals surface area (Å²) in [5, 5.41) is 0. The quantitative estimate of drug-likeness (QED) is 0.777. The third-order valence-corrected chi connectivity index (χ3v) is 7.34. The molecule has 1 saturated carbocycles. The van der Waals surface area contributed by atoms with E-state index < -0.39 is 0 Å². The van der Waals surface area contributed by atoms with Crippen LogP contribution >= 0.6 is 0 Å². The highest BCUT2D eigenvalue weighted by Crippen LogP contribution is 2.31. The van der Waals surface area contributed by atoms with Gasteiger partial charge in [0.1, 0.15) is 5.82 Å². The smallest absolute Gasteiger partial charge is 0.256 e. The Morgan fingerprint density at radius 2 is 1.85 bits per heavy atom. The van der Waals surface area contributed by atoms with Crippen molar-refractivity contribution in [1.29, 1.82) is 0 Å². The van der Waals surface area contributed by atoms with Crippen molar-refractivity contribution in [3.05, 3.63) is 57.5 Å². The average molecular weight is 450 g/mol. The number of hydrogen-bond acceptors (Lipinski definition) is 5. The van der Waals surface area contributed by atoms with Gasteiger partial charge in [-0.05, 0) is 44.2 Å². The van der Waals surface area contributed by atoms with E-state index in [1.54, 1.807) is 24.5 Å². The molecule has 3 aliphatic rings. The molecule has 2 aliphatic heterocycles. The summed E-state index contributed by atoms with van der Waals surface area (Å²) in [7, 11) is 0. The van der Waals surface area contributed by atoms with Gasteiger partial charge in [-0.15, -0.1) is 0 Å². The number of pyridine rings is 1. The number of piperidine rings is 1. The molecule has 5 rings (SSSR count). The number of aromatic amines is 1. The number of H-pyrrole nitrogens is 1. The van der Waals surface area contributed by atoms with Gasteiger partial charge in [0.05, 0.1) is 29.4 Å². The highest BCUT2D eigenvalue weighted by molar-refractivity contribution is 5.94. The van der Waals surface area contributed by atoms with E-state index in [0.717, 1.165) is 50.6 Å². The van der Waals surface area contributed by atoms with E-state index in [9.17, 15) is 14.4 Å². The molecule has 1 atom stereocenters. The fourth-order valence-electron chi connectivity index (χ4n) is 5.51. The third-order valence-electron chi connectivity index (χ3n) is 7.34. The van der Waals surface area contributed by atoms with E-state index in [1.165, 1.54) is 6.42 Å². The van der Waals surface area contributed by atoms with Gasteiger partial charge >= 0.3 is 0 Å². The Bertz CT molecular complexity index is 1080. The second-order valence-corrected chi connectivity index (χ2v) is 9.47. The van der Waals surface area contributed by atoms with Crippen LogP contribution in [0.5, 0.6) is 0 Å². The standard InChI is InChI=1S/C25H31N5O3/c31-23-19-16-29(24(32)17-7-2-1-3-8-17)14-11-20(19)27-22(28-23)21-10-4-5-13-30(21)25(33)18-9-6-12-26-15-18/h6,9,12,15,17,21H,1-5,7-8,10-11,13-14,16H2,(H,27,28,31). The number of amides is 2. The number of nitrogens with zero attached hydrogens (tertiary/aromatic N) is 4. The van der Waals surface area contributed by atoms with Gasteiger partial charge in [0.2, 0.25) is 5.91 Å². The molecule has 174 valence electrons. The molecule has 0 spiro atoms. The van der Waals surface area contributed by atoms with E-state index in [0.29, 0.717) is 43.0 Å². The summed E-state index contributed by atoms with van der Waals surface area (Å²) in [6.45, 7) is 1.56. The second kappa shape index (κ2) is 9.45. The van der Waals surface area contributed by atoms with E-state index in [2.05, 4.69) is 9.97 Å². The molecule has 33 heavy (non-hydrogen) atoms. The van der Waals surface area contributed by atoms with Gasteiger partial charge in [0.25, 0.3) is 11.5 Å². The molecule has 8 nitrogen and oxygen atoms in total. The van der Waals surface area contributed by atoms with Gasteiger partial charge in [-0.3, -0.25) is 19.4 Å². The normalized spacial score (nSPS) is 21.5. The predicted octanol–water partition coefficient (Wildman–Crippen LogP) is 3.00. The molecule has 8 heteroatoms. The number of fused-ring (bicyclic) bond motifs is 1. The molecule has 2 amide bonds. The molecular formula is C25H31N5O3. The summed E-state index contributed by atoms with van der Waals surface area (Å²) in [6, 6.07) is 3.26. The summed E-state index contributed by atoms with van der Waals surface area (Å²) in [5.41, 5.74) is 1.72. The van der Waals surface area contributed by atoms with Crippen molar-refractivity contribution in [1.82, 2.24) is 24.8 Å². The lowest BCUT2D eigenvalue weighted by molar-refractivity contribution is -0.137. The number of likely N-dealkylation sites (tertiary alicyclic amines) is 1. The summed E-state index contributed by atoms with van der Waals surface area (Å²) in [6.07, 6.45) is 11.8. The van der Waals surface area contributed by atoms with Crippen LogP contribution in [0.15, 0.2) is 29.3 Å². The van der Waals surface area contributed by atoms with Crippen LogP contribution in [-0.2, 0) is 17.8 Å². The van der Waals surface area contributed by atoms with Gasteiger partial charge in [-0.1, -0.05) is 19.3 Å². The Kier molecular flexibility index (Phi) is 6.24. The van der Waals surface area contributed by atoms with Gasteiger partial charge in [0, 0.05) is 37.8 Å². The molecule has 2 aromatic heterocycles. The van der Waals surface area contributed by atoms with Gasteiger partial charge in [-0.25, -0.2) is 4.98 Å². The van der Waals surface area contributed by atoms with Gasteiger partial charge < -0.3 is 14.8 Å². The minimum Gasteiger partial charge on any atom is -0.337 e. The van der Waals surface area contributed by atoms with Crippen LogP contribution in [0, 0.1) is 5.92 Å². The molecule has 1 aliphatic carbocycles. The largest absolute Gasteiger partial charge is 0.337 e. The lowest BCUT2D eigenvalue weighted by atomic mass is 9.88. The van der Waals surface area contributed by atoms with Crippen LogP contribution in [-0.4, -0.2) is 49.7 Å². The van der Waals surface area contributed by atoms with Crippen LogP contribution in [0.3, 0.4) is 0 Å². The summed E-state index contributed by atoms with van der Waals surface area (Å²) in [4.78, 5) is 54.7. The maximum absolute atomic E-state index is 13.1. The van der Waals surface area contributed by atoms with E-state index in [1.807, 2.05) is 9.80 Å². The Hall–Kier alpha value is -3.03. The lowest BCUT2D eigenvalue weighted by Crippen LogP contribution is -2.44. The number of aromatic nitrogens is 3. The Labute approximate surface area is 193 Å². The fraction of sp³-hybridized carbons (Fsp3) is 0.560. The zero-order chi connectivity index (χ0) is 22.8. The van der Waals surface area contributed by atoms with Crippen LogP contribution in [0.4, 0.5) is 0 Å². The fourth-order valence-corrected chi connectivity index (χ4v) is 5.51. The zero-order valence-electron chi connectivity index (χ0n) is 19.0. The van der Waals surface area contributed by atoms with Gasteiger partial charge in [0.15, 0.2) is 0 Å². The first-order valence-electron chi connectivity index (χ1n) is 12.2. The molecule has 4 heterocycles. The summed E-state index contributed by atoms with van der Waals surface area (Å²) < 4.78 is 0. The SMILES string of the molecule is O=C(C1CCCCC1)N1CCc2nc(C3CCCCN3C(=O)c3cccnc3)[nH]c(=O)c2C1. The van der Waals surface area contributed by atoms with E-state index >= 15 is 0 Å². The number of nitrogens with one attached hydrogen (secondary N) is 1. The number of hydrogen-bond donors (Lipinski definition) is 1. The van der Waals surface area contributed by atoms with Crippen molar-refractivity contribution >= 4 is 11.8 Å². The highest BCUT2D eigenvalue weighted by atomic mass is 16.2. The van der Waals surface area contributed by atoms with Crippen LogP contribution in [0.1, 0.15) is 84.8 Å². The van der Waals surface area contributed by atoms with Crippen molar-refractivity contribution < 1.29 is 9.59 Å². The summed E-state index contributed by atoms with van der Waals surface area (Å²) >= 11 is 0. The third kappa shape index (κ3) is 4.43. The van der Waals surface area contributed by atoms with Crippen LogP contribution in [0.25, 0.3) is 0 Å². The zero-order valence-corrected chi connectivity index (χ0v) is 19.0. The van der Waals surface area contributed by atoms with Crippen molar-refractivity contribution in [2.24, 2.45) is 5.92 Å². The van der Waals surface area contributed by atoms with E-state index in [4.69, 9.17) is 4.98 Å². The monoisotopic (exact) mass is 449 g/mol. The number of carbonyl (C=O) groups excluding carboxylic acids is 2. The first-order valence-corrected chi connectivity index (χ1v) is 12.2. The molecule has 1 N–H and O–H groups in total. The maximum atomic E-state index is 13.1. The molecule has 1 saturated heterocycles. The second-order valence-electron chi connectivity index (χ2n) is 9.47. The molecular weight excluding hydrogens is 418 g/mol. The first kappa shape index (κ1) is 21.8. The van der Waals surface area contributed by atoms with Crippen molar-refractivity contribution in [3.8, 4) is 0 Å². The predicted molar refractivity (Wildman–Crippen MR) is 122 cm³/mol. The molecule has 0 radical (unpaired) electrons. The lowest BCUT2D eigenvalue weighted by Gasteiger charge is -2.36.